The number of pyridine rings is 1. The van der Waals surface area contributed by atoms with Gasteiger partial charge < -0.3 is 9.13 Å². The average molecular weight is 740 g/mol. The monoisotopic (exact) mass is 739 g/mol. The van der Waals surface area contributed by atoms with E-state index in [0.717, 1.165) is 40.9 Å². The number of allylic oxidation sites excluding steroid dienone is 1. The summed E-state index contributed by atoms with van der Waals surface area (Å²) >= 11 is 0. The molecule has 0 saturated heterocycles. The highest BCUT2D eigenvalue weighted by Crippen LogP contribution is 2.40. The van der Waals surface area contributed by atoms with E-state index in [4.69, 9.17) is 4.98 Å². The van der Waals surface area contributed by atoms with Crippen LogP contribution < -0.4 is 0 Å². The van der Waals surface area contributed by atoms with Gasteiger partial charge in [-0.1, -0.05) is 152 Å². The van der Waals surface area contributed by atoms with Gasteiger partial charge >= 0.3 is 0 Å². The normalized spacial score (nSPS) is 12.6. The predicted molar refractivity (Wildman–Crippen MR) is 244 cm³/mol. The first-order chi connectivity index (χ1) is 28.8. The molecule has 8 aromatic carbocycles. The SMILES string of the molecule is C1=Cc2c(n(-c3cc(-c4ccc(-c5cc(-c6ccccc6)c6c(ccc7ccccc76)n5)cc4)cc(-n4c5ccccc5c5ccccc54)c3)c3ccccc23)CC1. The average Bonchev–Trinajstić information content (AvgIpc) is 3.82. The van der Waals surface area contributed by atoms with Gasteiger partial charge in [-0.2, -0.15) is 0 Å². The first-order valence-corrected chi connectivity index (χ1v) is 20.2. The molecule has 3 nitrogen and oxygen atoms in total. The Morgan fingerprint density at radius 2 is 1.03 bits per heavy atom. The number of aromatic nitrogens is 3. The highest BCUT2D eigenvalue weighted by molar-refractivity contribution is 6.14. The molecule has 12 rings (SSSR count). The third-order valence-corrected chi connectivity index (χ3v) is 12.1. The molecule has 0 fully saturated rings. The molecule has 0 atom stereocenters. The summed E-state index contributed by atoms with van der Waals surface area (Å²) in [7, 11) is 0. The van der Waals surface area contributed by atoms with Crippen LogP contribution in [0.3, 0.4) is 0 Å². The van der Waals surface area contributed by atoms with Gasteiger partial charge in [0.15, 0.2) is 0 Å². The van der Waals surface area contributed by atoms with Gasteiger partial charge in [0.1, 0.15) is 0 Å². The van der Waals surface area contributed by atoms with Gasteiger partial charge in [-0.15, -0.1) is 0 Å². The van der Waals surface area contributed by atoms with Crippen LogP contribution in [0.4, 0.5) is 0 Å². The number of fused-ring (bicyclic) bond motifs is 9. The molecule has 0 unspecified atom stereocenters. The Morgan fingerprint density at radius 3 is 1.78 bits per heavy atom. The van der Waals surface area contributed by atoms with Gasteiger partial charge in [0, 0.05) is 49.7 Å². The van der Waals surface area contributed by atoms with Crippen LogP contribution >= 0.6 is 0 Å². The van der Waals surface area contributed by atoms with E-state index in [2.05, 4.69) is 209 Å². The van der Waals surface area contributed by atoms with Crippen LogP contribution in [0.2, 0.25) is 0 Å². The molecule has 3 heteroatoms. The maximum atomic E-state index is 5.30. The van der Waals surface area contributed by atoms with Gasteiger partial charge in [-0.25, -0.2) is 4.98 Å². The Kier molecular flexibility index (Phi) is 7.36. The first kappa shape index (κ1) is 32.7. The summed E-state index contributed by atoms with van der Waals surface area (Å²) in [6.07, 6.45) is 6.68. The molecule has 0 radical (unpaired) electrons. The lowest BCUT2D eigenvalue weighted by atomic mass is 9.94. The lowest BCUT2D eigenvalue weighted by Crippen LogP contribution is -2.05. The van der Waals surface area contributed by atoms with Crippen molar-refractivity contribution in [1.29, 1.82) is 0 Å². The minimum atomic E-state index is 0.964. The van der Waals surface area contributed by atoms with Crippen LogP contribution in [0.25, 0.3) is 105 Å². The molecular formula is C55H37N3. The number of nitrogens with zero attached hydrogens (tertiary/aromatic N) is 3. The molecule has 0 N–H and O–H groups in total. The fourth-order valence-electron chi connectivity index (χ4n) is 9.52. The lowest BCUT2D eigenvalue weighted by Gasteiger charge is -2.18. The summed E-state index contributed by atoms with van der Waals surface area (Å²) in [5.41, 5.74) is 16.4. The Hall–Kier alpha value is -7.49. The van der Waals surface area contributed by atoms with Crippen molar-refractivity contribution in [3.05, 3.63) is 205 Å². The molecule has 58 heavy (non-hydrogen) atoms. The summed E-state index contributed by atoms with van der Waals surface area (Å²) in [6, 6.07) is 68.5. The molecule has 3 aromatic heterocycles. The van der Waals surface area contributed by atoms with Crippen LogP contribution in [0, 0.1) is 0 Å². The smallest absolute Gasteiger partial charge is 0.0722 e. The largest absolute Gasteiger partial charge is 0.313 e. The summed E-state index contributed by atoms with van der Waals surface area (Å²) < 4.78 is 4.95. The van der Waals surface area contributed by atoms with Crippen LogP contribution in [-0.2, 0) is 6.42 Å². The lowest BCUT2D eigenvalue weighted by molar-refractivity contribution is 0.888. The van der Waals surface area contributed by atoms with Crippen molar-refractivity contribution >= 4 is 60.5 Å². The van der Waals surface area contributed by atoms with Crippen LogP contribution in [0.5, 0.6) is 0 Å². The van der Waals surface area contributed by atoms with Gasteiger partial charge in [0.2, 0.25) is 0 Å². The topological polar surface area (TPSA) is 22.8 Å². The van der Waals surface area contributed by atoms with Crippen molar-refractivity contribution in [2.24, 2.45) is 0 Å². The van der Waals surface area contributed by atoms with E-state index in [-0.39, 0.29) is 0 Å². The van der Waals surface area contributed by atoms with E-state index in [1.165, 1.54) is 82.5 Å². The zero-order valence-corrected chi connectivity index (χ0v) is 31.8. The summed E-state index contributed by atoms with van der Waals surface area (Å²) in [5.74, 6) is 0. The molecule has 0 saturated carbocycles. The molecular weight excluding hydrogens is 703 g/mol. The Balaban J connectivity index is 1.06. The first-order valence-electron chi connectivity index (χ1n) is 20.2. The molecule has 272 valence electrons. The number of benzene rings is 8. The molecule has 1 aliphatic carbocycles. The molecule has 0 bridgehead atoms. The van der Waals surface area contributed by atoms with E-state index in [1.54, 1.807) is 0 Å². The van der Waals surface area contributed by atoms with Crippen molar-refractivity contribution < 1.29 is 0 Å². The fraction of sp³-hybridized carbons (Fsp3) is 0.0364. The van der Waals surface area contributed by atoms with Crippen LogP contribution in [0.15, 0.2) is 194 Å². The van der Waals surface area contributed by atoms with Gasteiger partial charge in [0.05, 0.1) is 27.8 Å². The number of hydrogen-bond donors (Lipinski definition) is 0. The number of para-hydroxylation sites is 3. The minimum Gasteiger partial charge on any atom is -0.313 e. The second kappa shape index (κ2) is 13.0. The molecule has 3 heterocycles. The third-order valence-electron chi connectivity index (χ3n) is 12.1. The highest BCUT2D eigenvalue weighted by Gasteiger charge is 2.21. The van der Waals surface area contributed by atoms with Crippen molar-refractivity contribution in [1.82, 2.24) is 14.1 Å². The zero-order valence-electron chi connectivity index (χ0n) is 31.8. The maximum absolute atomic E-state index is 5.30. The van der Waals surface area contributed by atoms with Gasteiger partial charge in [0.25, 0.3) is 0 Å². The van der Waals surface area contributed by atoms with Crippen molar-refractivity contribution in [2.75, 3.05) is 0 Å². The summed E-state index contributed by atoms with van der Waals surface area (Å²) in [4.78, 5) is 5.30. The van der Waals surface area contributed by atoms with Gasteiger partial charge in [-0.3, -0.25) is 0 Å². The predicted octanol–water partition coefficient (Wildman–Crippen LogP) is 14.4. The standard InChI is InChI=1S/C55H37N3/c1-2-14-37(15-3-1)48-35-50(56-49-31-30-38-16-4-5-17-43(38)55(48)49)39-28-26-36(27-29-39)40-32-41(57-51-22-10-6-18-44(51)45-19-7-11-23-52(45)57)34-42(33-40)58-53-24-12-8-20-46(53)47-21-9-13-25-54(47)58/h1-12,14-24,26-35H,13,25H2. The molecule has 1 aliphatic rings. The Morgan fingerprint density at radius 1 is 0.431 bits per heavy atom. The molecule has 0 amide bonds. The Labute approximate surface area is 336 Å². The molecule has 11 aromatic rings. The second-order valence-corrected chi connectivity index (χ2v) is 15.4. The van der Waals surface area contributed by atoms with Crippen molar-refractivity contribution in [2.45, 2.75) is 12.8 Å². The van der Waals surface area contributed by atoms with Gasteiger partial charge in [-0.05, 0) is 94.4 Å². The fourth-order valence-corrected chi connectivity index (χ4v) is 9.52. The van der Waals surface area contributed by atoms with E-state index in [0.29, 0.717) is 0 Å². The second-order valence-electron chi connectivity index (χ2n) is 15.4. The Bertz CT molecular complexity index is 3380. The minimum absolute atomic E-state index is 0.964. The zero-order chi connectivity index (χ0) is 38.2. The van der Waals surface area contributed by atoms with Crippen molar-refractivity contribution in [3.8, 4) is 44.9 Å². The third kappa shape index (κ3) is 5.10. The highest BCUT2D eigenvalue weighted by atomic mass is 15.0. The van der Waals surface area contributed by atoms with E-state index in [9.17, 15) is 0 Å². The number of rotatable bonds is 5. The summed E-state index contributed by atoms with van der Waals surface area (Å²) in [5, 5.41) is 7.45. The van der Waals surface area contributed by atoms with E-state index < -0.39 is 0 Å². The van der Waals surface area contributed by atoms with Crippen LogP contribution in [0.1, 0.15) is 17.7 Å². The quantitative estimate of drug-likeness (QED) is 0.161. The maximum Gasteiger partial charge on any atom is 0.0722 e. The van der Waals surface area contributed by atoms with E-state index >= 15 is 0 Å². The van der Waals surface area contributed by atoms with Crippen LogP contribution in [-0.4, -0.2) is 14.1 Å². The van der Waals surface area contributed by atoms with E-state index in [1.807, 2.05) is 0 Å². The van der Waals surface area contributed by atoms with Crippen molar-refractivity contribution in [3.63, 3.8) is 0 Å². The summed E-state index contributed by atoms with van der Waals surface area (Å²) in [6.45, 7) is 0. The molecule has 0 aliphatic heterocycles. The number of hydrogen-bond acceptors (Lipinski definition) is 1. The molecule has 0 spiro atoms.